The van der Waals surface area contributed by atoms with E-state index in [0.29, 0.717) is 6.04 Å². The molecule has 0 spiro atoms. The molecule has 0 radical (unpaired) electrons. The standard InChI is InChI=1S/C12H17ClN2/c1-9-2-3-11(13)6-10(9)7-12-8-14-4-5-15-12/h2-3,6,12,14-15H,4-5,7-8H2,1H3. The summed E-state index contributed by atoms with van der Waals surface area (Å²) in [5.74, 6) is 0. The summed E-state index contributed by atoms with van der Waals surface area (Å²) in [6.45, 7) is 5.32. The Bertz CT molecular complexity index is 332. The maximum atomic E-state index is 6.00. The van der Waals surface area contributed by atoms with E-state index in [1.165, 1.54) is 11.1 Å². The van der Waals surface area contributed by atoms with Crippen LogP contribution in [-0.4, -0.2) is 25.7 Å². The zero-order chi connectivity index (χ0) is 10.7. The summed E-state index contributed by atoms with van der Waals surface area (Å²) in [4.78, 5) is 0. The number of nitrogens with one attached hydrogen (secondary N) is 2. The fraction of sp³-hybridized carbons (Fsp3) is 0.500. The number of rotatable bonds is 2. The fourth-order valence-electron chi connectivity index (χ4n) is 1.98. The van der Waals surface area contributed by atoms with Crippen molar-refractivity contribution in [3.8, 4) is 0 Å². The summed E-state index contributed by atoms with van der Waals surface area (Å²) in [6.07, 6.45) is 1.05. The third-order valence-electron chi connectivity index (χ3n) is 2.90. The third kappa shape index (κ3) is 2.94. The van der Waals surface area contributed by atoms with Gasteiger partial charge >= 0.3 is 0 Å². The van der Waals surface area contributed by atoms with E-state index in [4.69, 9.17) is 11.6 Å². The SMILES string of the molecule is Cc1ccc(Cl)cc1CC1CNCCN1. The Labute approximate surface area is 96.0 Å². The number of piperazine rings is 1. The van der Waals surface area contributed by atoms with Crippen molar-refractivity contribution >= 4 is 11.6 Å². The lowest BCUT2D eigenvalue weighted by Gasteiger charge is -2.25. The minimum absolute atomic E-state index is 0.538. The molecule has 1 aromatic carbocycles. The van der Waals surface area contributed by atoms with Gasteiger partial charge in [-0.1, -0.05) is 17.7 Å². The van der Waals surface area contributed by atoms with Crippen molar-refractivity contribution in [2.75, 3.05) is 19.6 Å². The second kappa shape index (κ2) is 4.97. The number of hydrogen-bond donors (Lipinski definition) is 2. The van der Waals surface area contributed by atoms with Crippen molar-refractivity contribution in [1.29, 1.82) is 0 Å². The zero-order valence-corrected chi connectivity index (χ0v) is 9.77. The highest BCUT2D eigenvalue weighted by Gasteiger charge is 2.13. The van der Waals surface area contributed by atoms with Crippen molar-refractivity contribution in [3.63, 3.8) is 0 Å². The molecule has 1 heterocycles. The van der Waals surface area contributed by atoms with Crippen LogP contribution in [0.4, 0.5) is 0 Å². The van der Waals surface area contributed by atoms with E-state index >= 15 is 0 Å². The van der Waals surface area contributed by atoms with E-state index in [0.717, 1.165) is 31.1 Å². The van der Waals surface area contributed by atoms with Crippen LogP contribution in [0.5, 0.6) is 0 Å². The molecule has 0 amide bonds. The van der Waals surface area contributed by atoms with Crippen molar-refractivity contribution in [1.82, 2.24) is 10.6 Å². The van der Waals surface area contributed by atoms with Gasteiger partial charge in [-0.2, -0.15) is 0 Å². The Kier molecular flexibility index (Phi) is 3.62. The first-order valence-corrected chi connectivity index (χ1v) is 5.82. The van der Waals surface area contributed by atoms with Gasteiger partial charge in [0.05, 0.1) is 0 Å². The smallest absolute Gasteiger partial charge is 0.0408 e. The average Bonchev–Trinajstić information content (AvgIpc) is 2.25. The van der Waals surface area contributed by atoms with E-state index in [9.17, 15) is 0 Å². The molecule has 1 atom stereocenters. The van der Waals surface area contributed by atoms with Crippen LogP contribution >= 0.6 is 11.6 Å². The predicted molar refractivity (Wildman–Crippen MR) is 64.6 cm³/mol. The number of benzene rings is 1. The summed E-state index contributed by atoms with van der Waals surface area (Å²) in [6, 6.07) is 6.66. The van der Waals surface area contributed by atoms with Gasteiger partial charge < -0.3 is 10.6 Å². The van der Waals surface area contributed by atoms with Gasteiger partial charge in [-0.05, 0) is 36.6 Å². The molecule has 1 aliphatic heterocycles. The molecule has 3 heteroatoms. The zero-order valence-electron chi connectivity index (χ0n) is 9.02. The quantitative estimate of drug-likeness (QED) is 0.800. The van der Waals surface area contributed by atoms with Crippen molar-refractivity contribution in [2.45, 2.75) is 19.4 Å². The molecular weight excluding hydrogens is 208 g/mol. The summed E-state index contributed by atoms with van der Waals surface area (Å²) in [5, 5.41) is 7.74. The summed E-state index contributed by atoms with van der Waals surface area (Å²) in [5.41, 5.74) is 2.68. The van der Waals surface area contributed by atoms with Crippen molar-refractivity contribution in [3.05, 3.63) is 34.3 Å². The second-order valence-corrected chi connectivity index (χ2v) is 4.57. The first kappa shape index (κ1) is 10.9. The number of aryl methyl sites for hydroxylation is 1. The van der Waals surface area contributed by atoms with Gasteiger partial charge in [0.1, 0.15) is 0 Å². The van der Waals surface area contributed by atoms with Crippen molar-refractivity contribution in [2.24, 2.45) is 0 Å². The molecule has 0 bridgehead atoms. The fourth-order valence-corrected chi connectivity index (χ4v) is 2.18. The minimum Gasteiger partial charge on any atom is -0.314 e. The van der Waals surface area contributed by atoms with E-state index in [1.54, 1.807) is 0 Å². The van der Waals surface area contributed by atoms with E-state index in [-0.39, 0.29) is 0 Å². The van der Waals surface area contributed by atoms with Crippen LogP contribution in [0.15, 0.2) is 18.2 Å². The normalized spacial score (nSPS) is 21.6. The van der Waals surface area contributed by atoms with Crippen LogP contribution in [0, 0.1) is 6.92 Å². The summed E-state index contributed by atoms with van der Waals surface area (Å²) < 4.78 is 0. The van der Waals surface area contributed by atoms with Crippen LogP contribution in [0.3, 0.4) is 0 Å². The molecule has 0 aromatic heterocycles. The largest absolute Gasteiger partial charge is 0.314 e. The molecule has 2 rings (SSSR count). The molecule has 15 heavy (non-hydrogen) atoms. The molecule has 1 fully saturated rings. The molecule has 2 nitrogen and oxygen atoms in total. The first-order valence-electron chi connectivity index (χ1n) is 5.45. The molecule has 1 saturated heterocycles. The number of halogens is 1. The van der Waals surface area contributed by atoms with Gasteiger partial charge in [-0.25, -0.2) is 0 Å². The van der Waals surface area contributed by atoms with Crippen LogP contribution < -0.4 is 10.6 Å². The van der Waals surface area contributed by atoms with Crippen LogP contribution in [0.25, 0.3) is 0 Å². The Morgan fingerprint density at radius 3 is 3.00 bits per heavy atom. The molecule has 2 N–H and O–H groups in total. The minimum atomic E-state index is 0.538. The molecule has 1 aliphatic rings. The topological polar surface area (TPSA) is 24.1 Å². The first-order chi connectivity index (χ1) is 7.25. The highest BCUT2D eigenvalue weighted by molar-refractivity contribution is 6.30. The maximum Gasteiger partial charge on any atom is 0.0408 e. The second-order valence-electron chi connectivity index (χ2n) is 4.13. The van der Waals surface area contributed by atoms with Gasteiger partial charge in [0.2, 0.25) is 0 Å². The van der Waals surface area contributed by atoms with E-state index in [1.807, 2.05) is 6.07 Å². The maximum absolute atomic E-state index is 6.00. The molecule has 0 aliphatic carbocycles. The van der Waals surface area contributed by atoms with Gasteiger partial charge in [-0.15, -0.1) is 0 Å². The molecule has 1 unspecified atom stereocenters. The predicted octanol–water partition coefficient (Wildman–Crippen LogP) is 1.75. The Morgan fingerprint density at radius 2 is 2.27 bits per heavy atom. The third-order valence-corrected chi connectivity index (χ3v) is 3.14. The van der Waals surface area contributed by atoms with Crippen molar-refractivity contribution < 1.29 is 0 Å². The van der Waals surface area contributed by atoms with Gasteiger partial charge in [0.25, 0.3) is 0 Å². The highest BCUT2D eigenvalue weighted by Crippen LogP contribution is 2.17. The van der Waals surface area contributed by atoms with Crippen LogP contribution in [0.2, 0.25) is 5.02 Å². The lowest BCUT2D eigenvalue weighted by atomic mass is 10.0. The Balaban J connectivity index is 2.05. The Hall–Kier alpha value is -0.570. The summed E-state index contributed by atoms with van der Waals surface area (Å²) in [7, 11) is 0. The number of hydrogen-bond acceptors (Lipinski definition) is 2. The van der Waals surface area contributed by atoms with E-state index < -0.39 is 0 Å². The van der Waals surface area contributed by atoms with Gasteiger partial charge in [-0.3, -0.25) is 0 Å². The summed E-state index contributed by atoms with van der Waals surface area (Å²) >= 11 is 6.00. The van der Waals surface area contributed by atoms with Crippen LogP contribution in [0.1, 0.15) is 11.1 Å². The lowest BCUT2D eigenvalue weighted by Crippen LogP contribution is -2.49. The van der Waals surface area contributed by atoms with Gasteiger partial charge in [0, 0.05) is 30.7 Å². The lowest BCUT2D eigenvalue weighted by molar-refractivity contribution is 0.416. The monoisotopic (exact) mass is 224 g/mol. The molecule has 0 saturated carbocycles. The molecular formula is C12H17ClN2. The molecule has 1 aromatic rings. The van der Waals surface area contributed by atoms with E-state index in [2.05, 4.69) is 29.7 Å². The Morgan fingerprint density at radius 1 is 1.40 bits per heavy atom. The van der Waals surface area contributed by atoms with Crippen LogP contribution in [-0.2, 0) is 6.42 Å². The van der Waals surface area contributed by atoms with Gasteiger partial charge in [0.15, 0.2) is 0 Å². The molecule has 82 valence electrons. The highest BCUT2D eigenvalue weighted by atomic mass is 35.5. The average molecular weight is 225 g/mol.